The van der Waals surface area contributed by atoms with Gasteiger partial charge in [-0.25, -0.2) is 8.42 Å². The lowest BCUT2D eigenvalue weighted by Gasteiger charge is -2.09. The van der Waals surface area contributed by atoms with Crippen LogP contribution in [0.2, 0.25) is 0 Å². The van der Waals surface area contributed by atoms with E-state index in [-0.39, 0.29) is 9.77 Å². The Morgan fingerprint density at radius 1 is 1.30 bits per heavy atom. The highest BCUT2D eigenvalue weighted by atomic mass is 79.9. The summed E-state index contributed by atoms with van der Waals surface area (Å²) in [4.78, 5) is 11.6. The summed E-state index contributed by atoms with van der Waals surface area (Å²) >= 11 is 4.36. The molecule has 0 aliphatic carbocycles. The van der Waals surface area contributed by atoms with Gasteiger partial charge in [0.1, 0.15) is 4.21 Å². The molecule has 0 spiro atoms. The van der Waals surface area contributed by atoms with E-state index in [9.17, 15) is 13.2 Å². The smallest absolute Gasteiger partial charge is 0.271 e. The molecule has 0 saturated heterocycles. The minimum atomic E-state index is -3.61. The van der Waals surface area contributed by atoms with E-state index in [2.05, 4.69) is 20.7 Å². The van der Waals surface area contributed by atoms with Crippen molar-refractivity contribution >= 4 is 43.0 Å². The van der Waals surface area contributed by atoms with Gasteiger partial charge in [0, 0.05) is 18.8 Å². The number of thiophene rings is 1. The van der Waals surface area contributed by atoms with Crippen LogP contribution >= 0.6 is 27.3 Å². The Balaban J connectivity index is 2.30. The van der Waals surface area contributed by atoms with Crippen molar-refractivity contribution in [2.45, 2.75) is 24.1 Å². The summed E-state index contributed by atoms with van der Waals surface area (Å²) in [5.74, 6) is 0. The number of nitrogens with zero attached hydrogens (tertiary/aromatic N) is 1. The third-order valence-electron chi connectivity index (χ3n) is 2.51. The van der Waals surface area contributed by atoms with E-state index in [0.717, 1.165) is 21.5 Å². The zero-order valence-corrected chi connectivity index (χ0v) is 13.9. The molecule has 0 aliphatic rings. The van der Waals surface area contributed by atoms with Crippen LogP contribution in [0.1, 0.15) is 13.3 Å². The second-order valence-corrected chi connectivity index (χ2v) is 8.49. The first-order chi connectivity index (χ1) is 9.42. The zero-order valence-electron chi connectivity index (χ0n) is 10.7. The normalized spacial score (nSPS) is 11.5. The van der Waals surface area contributed by atoms with E-state index in [1.54, 1.807) is 6.07 Å². The van der Waals surface area contributed by atoms with Crippen LogP contribution in [0.3, 0.4) is 0 Å². The average Bonchev–Trinajstić information content (AvgIpc) is 2.81. The summed E-state index contributed by atoms with van der Waals surface area (Å²) in [5, 5.41) is 0. The quantitative estimate of drug-likeness (QED) is 0.871. The minimum absolute atomic E-state index is 0.145. The van der Waals surface area contributed by atoms with Crippen LogP contribution in [0.15, 0.2) is 43.3 Å². The number of sulfonamides is 1. The SMILES string of the molecule is CCCn1cc(NS(=O)(=O)c2ccc(Br)s2)ccc1=O. The summed E-state index contributed by atoms with van der Waals surface area (Å²) in [5.41, 5.74) is 0.233. The number of aryl methyl sites for hydroxylation is 1. The highest BCUT2D eigenvalue weighted by Crippen LogP contribution is 2.27. The minimum Gasteiger partial charge on any atom is -0.313 e. The van der Waals surface area contributed by atoms with Gasteiger partial charge in [0.2, 0.25) is 0 Å². The van der Waals surface area contributed by atoms with Crippen molar-refractivity contribution in [2.75, 3.05) is 4.72 Å². The van der Waals surface area contributed by atoms with Crippen molar-refractivity contribution in [3.63, 3.8) is 0 Å². The Morgan fingerprint density at radius 3 is 2.65 bits per heavy atom. The van der Waals surface area contributed by atoms with E-state index in [0.29, 0.717) is 12.2 Å². The van der Waals surface area contributed by atoms with Crippen molar-refractivity contribution in [3.05, 3.63) is 44.6 Å². The first kappa shape index (κ1) is 15.3. The predicted octanol–water partition coefficient (Wildman–Crippen LogP) is 2.88. The highest BCUT2D eigenvalue weighted by molar-refractivity contribution is 9.11. The van der Waals surface area contributed by atoms with Crippen molar-refractivity contribution in [1.29, 1.82) is 0 Å². The molecule has 2 aromatic heterocycles. The summed E-state index contributed by atoms with van der Waals surface area (Å²) in [6, 6.07) is 6.03. The Bertz CT molecular complexity index is 765. The van der Waals surface area contributed by atoms with Gasteiger partial charge in [-0.15, -0.1) is 11.3 Å². The van der Waals surface area contributed by atoms with Crippen molar-refractivity contribution in [3.8, 4) is 0 Å². The van der Waals surface area contributed by atoms with Crippen molar-refractivity contribution in [2.24, 2.45) is 0 Å². The van der Waals surface area contributed by atoms with E-state index >= 15 is 0 Å². The van der Waals surface area contributed by atoms with Crippen LogP contribution < -0.4 is 10.3 Å². The second-order valence-electron chi connectivity index (χ2n) is 4.11. The van der Waals surface area contributed by atoms with Crippen LogP contribution in [0.5, 0.6) is 0 Å². The zero-order chi connectivity index (χ0) is 14.8. The first-order valence-electron chi connectivity index (χ1n) is 5.91. The number of halogens is 1. The van der Waals surface area contributed by atoms with Gasteiger partial charge in [0.05, 0.1) is 9.47 Å². The van der Waals surface area contributed by atoms with E-state index in [1.165, 1.54) is 29.0 Å². The van der Waals surface area contributed by atoms with Gasteiger partial charge in [0.25, 0.3) is 15.6 Å². The monoisotopic (exact) mass is 376 g/mol. The van der Waals surface area contributed by atoms with Crippen LogP contribution in [-0.2, 0) is 16.6 Å². The number of hydrogen-bond donors (Lipinski definition) is 1. The van der Waals surface area contributed by atoms with Gasteiger partial charge in [0.15, 0.2) is 0 Å². The summed E-state index contributed by atoms with van der Waals surface area (Å²) < 4.78 is 29.2. The van der Waals surface area contributed by atoms with Gasteiger partial charge in [-0.2, -0.15) is 0 Å². The molecule has 0 atom stereocenters. The second kappa shape index (κ2) is 6.11. The van der Waals surface area contributed by atoms with E-state index in [4.69, 9.17) is 0 Å². The van der Waals surface area contributed by atoms with Gasteiger partial charge in [-0.3, -0.25) is 9.52 Å². The summed E-state index contributed by atoms with van der Waals surface area (Å²) in [7, 11) is -3.61. The molecule has 108 valence electrons. The summed E-state index contributed by atoms with van der Waals surface area (Å²) in [6.07, 6.45) is 2.32. The molecule has 0 aromatic carbocycles. The van der Waals surface area contributed by atoms with Gasteiger partial charge in [-0.05, 0) is 40.5 Å². The number of anilines is 1. The third-order valence-corrected chi connectivity index (χ3v) is 6.01. The molecule has 2 rings (SSSR count). The molecule has 0 aliphatic heterocycles. The third kappa shape index (κ3) is 3.50. The standard InChI is InChI=1S/C12H13BrN2O3S2/c1-2-7-15-8-9(3-5-11(15)16)14-20(17,18)12-6-4-10(13)19-12/h3-6,8,14H,2,7H2,1H3. The van der Waals surface area contributed by atoms with Gasteiger partial charge in [-0.1, -0.05) is 6.92 Å². The molecular weight excluding hydrogens is 364 g/mol. The number of rotatable bonds is 5. The van der Waals surface area contributed by atoms with Crippen LogP contribution in [0.4, 0.5) is 5.69 Å². The van der Waals surface area contributed by atoms with E-state index < -0.39 is 10.0 Å². The fourth-order valence-corrected chi connectivity index (χ4v) is 4.71. The molecule has 1 N–H and O–H groups in total. The topological polar surface area (TPSA) is 68.2 Å². The molecule has 5 nitrogen and oxygen atoms in total. The van der Waals surface area contributed by atoms with E-state index in [1.807, 2.05) is 6.92 Å². The highest BCUT2D eigenvalue weighted by Gasteiger charge is 2.16. The number of aromatic nitrogens is 1. The molecule has 0 amide bonds. The maximum Gasteiger partial charge on any atom is 0.271 e. The molecule has 0 radical (unpaired) electrons. The lowest BCUT2D eigenvalue weighted by Crippen LogP contribution is -2.20. The maximum absolute atomic E-state index is 12.2. The largest absolute Gasteiger partial charge is 0.313 e. The fourth-order valence-electron chi connectivity index (χ4n) is 1.65. The molecule has 0 fully saturated rings. The lowest BCUT2D eigenvalue weighted by atomic mass is 10.4. The van der Waals surface area contributed by atoms with Crippen LogP contribution in [0.25, 0.3) is 0 Å². The Kier molecular flexibility index (Phi) is 4.66. The molecule has 0 unspecified atom stereocenters. The lowest BCUT2D eigenvalue weighted by molar-refractivity contribution is 0.603. The summed E-state index contributed by atoms with van der Waals surface area (Å²) in [6.45, 7) is 2.51. The molecule has 8 heteroatoms. The molecule has 2 heterocycles. The Morgan fingerprint density at radius 2 is 2.05 bits per heavy atom. The molecular formula is C12H13BrN2O3S2. The number of nitrogens with one attached hydrogen (secondary N) is 1. The number of hydrogen-bond acceptors (Lipinski definition) is 4. The molecule has 0 bridgehead atoms. The van der Waals surface area contributed by atoms with Crippen molar-refractivity contribution < 1.29 is 8.42 Å². The van der Waals surface area contributed by atoms with Gasteiger partial charge < -0.3 is 4.57 Å². The molecule has 2 aromatic rings. The predicted molar refractivity (Wildman–Crippen MR) is 83.8 cm³/mol. The van der Waals surface area contributed by atoms with Gasteiger partial charge >= 0.3 is 0 Å². The average molecular weight is 377 g/mol. The first-order valence-corrected chi connectivity index (χ1v) is 9.00. The molecule has 20 heavy (non-hydrogen) atoms. The van der Waals surface area contributed by atoms with Crippen molar-refractivity contribution in [1.82, 2.24) is 4.57 Å². The number of pyridine rings is 1. The fraction of sp³-hybridized carbons (Fsp3) is 0.250. The Hall–Kier alpha value is -1.12. The maximum atomic E-state index is 12.2. The van der Waals surface area contributed by atoms with Crippen LogP contribution in [0, 0.1) is 0 Å². The molecule has 0 saturated carbocycles. The Labute approximate surface area is 129 Å². The van der Waals surface area contributed by atoms with Crippen LogP contribution in [-0.4, -0.2) is 13.0 Å².